The smallest absolute Gasteiger partial charge is 0.386 e. The number of benzene rings is 2. The Kier molecular flexibility index (Phi) is 9.83. The number of para-hydroxylation sites is 2. The van der Waals surface area contributed by atoms with E-state index in [1.54, 1.807) is 14.4 Å². The average Bonchev–Trinajstić information content (AvgIpc) is 3.35. The highest BCUT2D eigenvalue weighted by Gasteiger charge is 2.37. The molecule has 2 aromatic carbocycles. The van der Waals surface area contributed by atoms with Gasteiger partial charge < -0.3 is 25.0 Å². The van der Waals surface area contributed by atoms with E-state index in [1.807, 2.05) is 38.4 Å². The lowest BCUT2D eigenvalue weighted by molar-refractivity contribution is -0.143. The molecule has 2 N–H and O–H groups in total. The Labute approximate surface area is 265 Å². The van der Waals surface area contributed by atoms with Crippen LogP contribution in [0.2, 0.25) is 5.02 Å². The number of halogens is 4. The van der Waals surface area contributed by atoms with Gasteiger partial charge in [0.15, 0.2) is 0 Å². The summed E-state index contributed by atoms with van der Waals surface area (Å²) in [5, 5.41) is 2.43. The number of aromatic amines is 1. The van der Waals surface area contributed by atoms with Crippen LogP contribution in [0.1, 0.15) is 49.3 Å². The number of H-pyrrole nitrogens is 1. The summed E-state index contributed by atoms with van der Waals surface area (Å²) in [4.78, 5) is 48.7. The molecule has 0 aliphatic carbocycles. The molecule has 0 saturated carbocycles. The first kappa shape index (κ1) is 32.9. The maximum atomic E-state index is 13.9. The molecule has 45 heavy (non-hydrogen) atoms. The summed E-state index contributed by atoms with van der Waals surface area (Å²) in [7, 11) is 5.37. The maximum absolute atomic E-state index is 13.9. The van der Waals surface area contributed by atoms with Crippen molar-refractivity contribution >= 4 is 40.1 Å². The number of nitrogens with one attached hydrogen (secondary N) is 2. The third kappa shape index (κ3) is 7.17. The molecule has 9 nitrogen and oxygen atoms in total. The number of rotatable bonds is 8. The van der Waals surface area contributed by atoms with E-state index in [9.17, 15) is 27.6 Å². The van der Waals surface area contributed by atoms with E-state index < -0.39 is 17.7 Å². The van der Waals surface area contributed by atoms with Crippen LogP contribution in [0.25, 0.3) is 11.0 Å². The first-order valence-corrected chi connectivity index (χ1v) is 15.7. The van der Waals surface area contributed by atoms with Crippen LogP contribution >= 0.6 is 11.6 Å². The second kappa shape index (κ2) is 13.5. The fraction of sp³-hybridized carbons (Fsp3) is 0.531. The van der Waals surface area contributed by atoms with Gasteiger partial charge in [-0.3, -0.25) is 14.2 Å². The number of aromatic nitrogens is 2. The van der Waals surface area contributed by atoms with Crippen LogP contribution < -0.4 is 11.0 Å². The van der Waals surface area contributed by atoms with Gasteiger partial charge in [0.1, 0.15) is 0 Å². The second-order valence-electron chi connectivity index (χ2n) is 12.3. The Balaban J connectivity index is 1.33. The van der Waals surface area contributed by atoms with Gasteiger partial charge >= 0.3 is 11.9 Å². The number of amides is 2. The lowest BCUT2D eigenvalue weighted by Crippen LogP contribution is -2.48. The maximum Gasteiger partial charge on any atom is 0.418 e. The highest BCUT2D eigenvalue weighted by molar-refractivity contribution is 6.33. The molecule has 2 amide bonds. The summed E-state index contributed by atoms with van der Waals surface area (Å²) in [5.74, 6) is -1.31. The van der Waals surface area contributed by atoms with E-state index in [0.29, 0.717) is 45.1 Å². The van der Waals surface area contributed by atoms with Crippen molar-refractivity contribution in [1.82, 2.24) is 24.3 Å². The quantitative estimate of drug-likeness (QED) is 0.358. The predicted octanol–water partition coefficient (Wildman–Crippen LogP) is 5.01. The van der Waals surface area contributed by atoms with Crippen molar-refractivity contribution in [2.45, 2.75) is 56.8 Å². The summed E-state index contributed by atoms with van der Waals surface area (Å²) < 4.78 is 43.5. The molecule has 244 valence electrons. The number of likely N-dealkylation sites (tertiary alicyclic amines) is 2. The van der Waals surface area contributed by atoms with Crippen molar-refractivity contribution in [1.29, 1.82) is 0 Å². The lowest BCUT2D eigenvalue weighted by Gasteiger charge is -2.37. The van der Waals surface area contributed by atoms with Crippen LogP contribution in [0.15, 0.2) is 41.2 Å². The van der Waals surface area contributed by atoms with E-state index >= 15 is 0 Å². The van der Waals surface area contributed by atoms with Gasteiger partial charge in [0.2, 0.25) is 11.8 Å². The average molecular weight is 649 g/mol. The third-order valence-electron chi connectivity index (χ3n) is 9.27. The van der Waals surface area contributed by atoms with Gasteiger partial charge in [0.05, 0.1) is 33.2 Å². The third-order valence-corrected chi connectivity index (χ3v) is 9.57. The fourth-order valence-electron chi connectivity index (χ4n) is 6.80. The van der Waals surface area contributed by atoms with Crippen molar-refractivity contribution in [2.75, 3.05) is 52.6 Å². The Hall–Kier alpha value is -3.51. The molecule has 0 bridgehead atoms. The molecule has 5 rings (SSSR count). The van der Waals surface area contributed by atoms with Crippen molar-refractivity contribution in [3.63, 3.8) is 0 Å². The minimum atomic E-state index is -4.65. The number of piperidine rings is 2. The molecular formula is C32H40ClF3N6O3. The molecule has 2 aliphatic heterocycles. The van der Waals surface area contributed by atoms with Gasteiger partial charge in [-0.2, -0.15) is 13.2 Å². The number of hydrogen-bond donors (Lipinski definition) is 2. The van der Waals surface area contributed by atoms with Crippen LogP contribution in [0.3, 0.4) is 0 Å². The van der Waals surface area contributed by atoms with Gasteiger partial charge in [-0.1, -0.05) is 23.7 Å². The number of anilines is 1. The lowest BCUT2D eigenvalue weighted by atomic mass is 9.91. The molecule has 2 saturated heterocycles. The number of hydrogen-bond acceptors (Lipinski definition) is 5. The number of nitrogens with zero attached hydrogens (tertiary/aromatic N) is 4. The summed E-state index contributed by atoms with van der Waals surface area (Å²) in [5.41, 5.74) is 0.496. The molecule has 2 fully saturated rings. The van der Waals surface area contributed by atoms with E-state index in [1.165, 1.54) is 13.1 Å². The number of carbonyl (C=O) groups excluding carboxylic acids is 2. The molecule has 0 radical (unpaired) electrons. The van der Waals surface area contributed by atoms with E-state index in [0.717, 1.165) is 29.9 Å². The number of fused-ring (bicyclic) bond motifs is 1. The van der Waals surface area contributed by atoms with Crippen molar-refractivity contribution in [2.24, 2.45) is 5.92 Å². The van der Waals surface area contributed by atoms with Crippen molar-refractivity contribution in [3.05, 3.63) is 63.0 Å². The van der Waals surface area contributed by atoms with Gasteiger partial charge in [0.25, 0.3) is 0 Å². The highest BCUT2D eigenvalue weighted by atomic mass is 35.5. The Bertz CT molecular complexity index is 1590. The minimum Gasteiger partial charge on any atom is -0.386 e. The molecule has 2 aliphatic rings. The first-order chi connectivity index (χ1) is 21.4. The standard InChI is InChI=1S/C32H40ClF3N6O3/c1-37-29-24(32(34,35)36)17-20(18-25(29)33)16-21(30(44)41-14-8-22(9-15-41)39(2)3)19-28(43)40-12-10-23(11-13-40)42-27-7-5-4-6-26(27)38-31(42)45/h4-7,17-18,21-23,37H,8-16,19H2,1-3H3,(H,38,45)/t21-/m0/s1. The van der Waals surface area contributed by atoms with Crippen LogP contribution in [0, 0.1) is 5.92 Å². The topological polar surface area (TPSA) is 93.7 Å². The highest BCUT2D eigenvalue weighted by Crippen LogP contribution is 2.40. The molecule has 0 spiro atoms. The largest absolute Gasteiger partial charge is 0.418 e. The van der Waals surface area contributed by atoms with E-state index in [4.69, 9.17) is 11.6 Å². The van der Waals surface area contributed by atoms with E-state index in [-0.39, 0.29) is 52.7 Å². The zero-order valence-electron chi connectivity index (χ0n) is 25.8. The Morgan fingerprint density at radius 1 is 1.04 bits per heavy atom. The second-order valence-corrected chi connectivity index (χ2v) is 12.7. The number of imidazole rings is 1. The molecule has 1 aromatic heterocycles. The fourth-order valence-corrected chi connectivity index (χ4v) is 7.14. The molecular weight excluding hydrogens is 609 g/mol. The van der Waals surface area contributed by atoms with Gasteiger partial charge in [-0.05, 0) is 76.0 Å². The zero-order valence-corrected chi connectivity index (χ0v) is 26.5. The minimum absolute atomic E-state index is 0.0494. The van der Waals surface area contributed by atoms with Crippen LogP contribution in [-0.4, -0.2) is 89.4 Å². The zero-order chi connectivity index (χ0) is 32.5. The Morgan fingerprint density at radius 3 is 2.31 bits per heavy atom. The number of carbonyl (C=O) groups is 2. The van der Waals surface area contributed by atoms with Crippen LogP contribution in [0.4, 0.5) is 18.9 Å². The Morgan fingerprint density at radius 2 is 1.69 bits per heavy atom. The first-order valence-electron chi connectivity index (χ1n) is 15.4. The molecule has 0 unspecified atom stereocenters. The summed E-state index contributed by atoms with van der Waals surface area (Å²) >= 11 is 6.26. The SMILES string of the molecule is CNc1c(Cl)cc(C[C@@H](CC(=O)N2CCC(n3c(=O)[nH]c4ccccc43)CC2)C(=O)N2CCC(N(C)C)CC2)cc1C(F)(F)F. The van der Waals surface area contributed by atoms with Gasteiger partial charge in [-0.15, -0.1) is 0 Å². The summed E-state index contributed by atoms with van der Waals surface area (Å²) in [6.45, 7) is 1.85. The van der Waals surface area contributed by atoms with Gasteiger partial charge in [-0.25, -0.2) is 4.79 Å². The molecule has 3 aromatic rings. The normalized spacial score (nSPS) is 17.7. The number of alkyl halides is 3. The molecule has 1 atom stereocenters. The van der Waals surface area contributed by atoms with E-state index in [2.05, 4.69) is 15.2 Å². The molecule has 3 heterocycles. The van der Waals surface area contributed by atoms with Crippen LogP contribution in [-0.2, 0) is 22.2 Å². The molecule has 13 heteroatoms. The van der Waals surface area contributed by atoms with Crippen molar-refractivity contribution in [3.8, 4) is 0 Å². The van der Waals surface area contributed by atoms with Crippen LogP contribution in [0.5, 0.6) is 0 Å². The van der Waals surface area contributed by atoms with Gasteiger partial charge in [0, 0.05) is 51.7 Å². The summed E-state index contributed by atoms with van der Waals surface area (Å²) in [6, 6.07) is 10.2. The van der Waals surface area contributed by atoms with Crippen molar-refractivity contribution < 1.29 is 22.8 Å². The predicted molar refractivity (Wildman–Crippen MR) is 169 cm³/mol. The summed E-state index contributed by atoms with van der Waals surface area (Å²) in [6.07, 6.45) is -2.13. The monoisotopic (exact) mass is 648 g/mol.